The van der Waals surface area contributed by atoms with Crippen LogP contribution in [0.3, 0.4) is 0 Å². The molecule has 2 aliphatic rings. The second kappa shape index (κ2) is 29.8. The van der Waals surface area contributed by atoms with Crippen molar-refractivity contribution in [1.29, 1.82) is 0 Å². The van der Waals surface area contributed by atoms with Crippen molar-refractivity contribution in [3.63, 3.8) is 0 Å². The van der Waals surface area contributed by atoms with Gasteiger partial charge in [0.2, 0.25) is 0 Å². The average Bonchev–Trinajstić information content (AvgIpc) is 3.53. The van der Waals surface area contributed by atoms with Gasteiger partial charge in [-0.3, -0.25) is 0 Å². The molecule has 10 nitrogen and oxygen atoms in total. The van der Waals surface area contributed by atoms with E-state index in [4.69, 9.17) is 46.5 Å². The first-order valence-electron chi connectivity index (χ1n) is 7.47. The summed E-state index contributed by atoms with van der Waals surface area (Å²) in [4.78, 5) is 0. The number of hydrogen-bond donors (Lipinski definition) is 0. The molecule has 14 heteroatoms. The molecule has 0 saturated heterocycles. The van der Waals surface area contributed by atoms with Crippen molar-refractivity contribution in [2.45, 2.75) is 0 Å². The third-order valence-electron chi connectivity index (χ3n) is 2.95. The van der Waals surface area contributed by atoms with Gasteiger partial charge in [0.25, 0.3) is 0 Å². The van der Waals surface area contributed by atoms with Crippen LogP contribution >= 0.6 is 0 Å². The van der Waals surface area contributed by atoms with Crippen molar-refractivity contribution < 1.29 is 80.1 Å². The van der Waals surface area contributed by atoms with Gasteiger partial charge in [-0.25, -0.2) is 0 Å². The maximum absolute atomic E-state index is 7.50. The van der Waals surface area contributed by atoms with Gasteiger partial charge in [0.15, 0.2) is 0 Å². The molecule has 0 aliphatic carbocycles. The zero-order chi connectivity index (χ0) is 25.4. The van der Waals surface area contributed by atoms with E-state index in [0.29, 0.717) is 23.0 Å². The van der Waals surface area contributed by atoms with Gasteiger partial charge in [-0.2, -0.15) is 0 Å². The van der Waals surface area contributed by atoms with Crippen molar-refractivity contribution in [3.8, 4) is 34.6 Å². The Labute approximate surface area is 217 Å². The number of para-hydroxylation sites is 4. The van der Waals surface area contributed by atoms with E-state index in [-0.39, 0.29) is 33.6 Å². The summed E-state index contributed by atoms with van der Waals surface area (Å²) in [7, 11) is -1.24. The van der Waals surface area contributed by atoms with Crippen molar-refractivity contribution >= 4 is 14.2 Å². The molecule has 2 heterocycles. The van der Waals surface area contributed by atoms with Gasteiger partial charge in [0, 0.05) is 33.6 Å². The number of benzene rings is 2. The van der Waals surface area contributed by atoms with Crippen LogP contribution in [0, 0.1) is 51.5 Å². The summed E-state index contributed by atoms with van der Waals surface area (Å²) >= 11 is 0. The first-order chi connectivity index (χ1) is 15.9. The molecule has 0 bridgehead atoms. The van der Waals surface area contributed by atoms with Gasteiger partial charge in [-0.15, -0.1) is 0 Å². The molecular formula is C20H8B2Co2O10. The zero-order valence-corrected chi connectivity index (χ0v) is 18.6. The molecule has 2 aromatic rings. The quantitative estimate of drug-likeness (QED) is 0.213. The van der Waals surface area contributed by atoms with Gasteiger partial charge in [0.1, 0.15) is 23.0 Å². The predicted octanol–water partition coefficient (Wildman–Crippen LogP) is 1.76. The summed E-state index contributed by atoms with van der Waals surface area (Å²) in [6.07, 6.45) is 0. The molecule has 0 saturated carbocycles. The second-order valence-corrected chi connectivity index (χ2v) is 4.32. The van der Waals surface area contributed by atoms with Crippen LogP contribution in [0.5, 0.6) is 23.0 Å². The summed E-state index contributed by atoms with van der Waals surface area (Å²) in [6.45, 7) is 27.0. The third-order valence-corrected chi connectivity index (χ3v) is 2.95. The molecule has 0 spiro atoms. The van der Waals surface area contributed by atoms with Crippen LogP contribution in [0.1, 0.15) is 0 Å². The van der Waals surface area contributed by atoms with Crippen molar-refractivity contribution in [2.75, 3.05) is 0 Å². The summed E-state index contributed by atoms with van der Waals surface area (Å²) in [5.41, 5.74) is 0. The maximum Gasteiger partial charge on any atom is 0 e. The van der Waals surface area contributed by atoms with E-state index in [1.807, 2.05) is 48.5 Å². The summed E-state index contributed by atoms with van der Waals surface area (Å²) in [6, 6.07) is 14.9. The van der Waals surface area contributed by atoms with Gasteiger partial charge in [0.05, 0.1) is 0 Å². The van der Waals surface area contributed by atoms with E-state index >= 15 is 0 Å². The van der Waals surface area contributed by atoms with Gasteiger partial charge in [-0.1, -0.05) is 35.9 Å². The second-order valence-electron chi connectivity index (χ2n) is 4.32. The summed E-state index contributed by atoms with van der Waals surface area (Å²) in [5.74, 6) is 8.51. The van der Waals surface area contributed by atoms with Crippen LogP contribution in [-0.2, 0) is 61.5 Å². The number of hydrogen-bond acceptors (Lipinski definition) is 4. The Hall–Kier alpha value is -3.22. The molecule has 0 amide bonds. The minimum atomic E-state index is -0.622. The summed E-state index contributed by atoms with van der Waals surface area (Å²) < 4.78 is 67.1. The molecular weight excluding hydrogens is 540 g/mol. The molecule has 0 N–H and O–H groups in total. The molecule has 0 atom stereocenters. The summed E-state index contributed by atoms with van der Waals surface area (Å²) in [5, 5.41) is 0. The molecule has 2 aromatic carbocycles. The van der Waals surface area contributed by atoms with E-state index < -0.39 is 14.2 Å². The molecule has 0 fully saturated rings. The fraction of sp³-hybridized carbons (Fsp3) is 0. The van der Waals surface area contributed by atoms with Crippen molar-refractivity contribution in [2.24, 2.45) is 0 Å². The molecule has 2 aliphatic heterocycles. The molecule has 172 valence electrons. The maximum atomic E-state index is 7.50. The Bertz CT molecular complexity index is 838. The molecule has 34 heavy (non-hydrogen) atoms. The SMILES string of the molecule is C(#CB1Oc2ccccc2O1)B1Oc2ccccc2O1.[C-]#[O+].[C-]#[O+].[C-]#[O+].[C-]#[O+].[C-]#[O+].[C-]#[O+].[Co].[Co]. The van der Waals surface area contributed by atoms with Crippen molar-refractivity contribution in [1.82, 2.24) is 0 Å². The van der Waals surface area contributed by atoms with E-state index in [0.717, 1.165) is 0 Å². The Morgan fingerprint density at radius 2 is 0.618 bits per heavy atom. The van der Waals surface area contributed by atoms with Crippen LogP contribution in [0.2, 0.25) is 0 Å². The normalized spacial score (nSPS) is 8.59. The van der Waals surface area contributed by atoms with Crippen LogP contribution < -0.4 is 18.6 Å². The minimum Gasteiger partial charge on any atom is 0 e. The monoisotopic (exact) mass is 548 g/mol. The fourth-order valence-electron chi connectivity index (χ4n) is 2.05. The van der Waals surface area contributed by atoms with Gasteiger partial charge < -0.3 is 18.6 Å². The Balaban J connectivity index is -0.000000177. The molecule has 4 rings (SSSR count). The van der Waals surface area contributed by atoms with E-state index in [1.54, 1.807) is 0 Å². The Kier molecular flexibility index (Phi) is 36.0. The van der Waals surface area contributed by atoms with Crippen LogP contribution in [0.4, 0.5) is 0 Å². The standard InChI is InChI=1S/C14H8B2O4.6CO.2Co/c1-2-6-12-11(5-1)17-15(18-12)9-10-16-19-13-7-3-4-8-14(13)20-16;6*1-2;;/h1-8H;;;;;;;;. The first-order valence-corrected chi connectivity index (χ1v) is 7.47. The van der Waals surface area contributed by atoms with Crippen LogP contribution in [0.25, 0.3) is 0 Å². The largest absolute Gasteiger partial charge is 0 e. The molecule has 2 radical (unpaired) electrons. The number of rotatable bonds is 0. The zero-order valence-electron chi connectivity index (χ0n) is 16.5. The topological polar surface area (TPSA) is 156 Å². The minimum absolute atomic E-state index is 0. The first kappa shape index (κ1) is 41.1. The smallest absolute Gasteiger partial charge is 0 e. The molecule has 0 unspecified atom stereocenters. The van der Waals surface area contributed by atoms with Crippen LogP contribution in [0.15, 0.2) is 48.5 Å². The van der Waals surface area contributed by atoms with E-state index in [9.17, 15) is 0 Å². The van der Waals surface area contributed by atoms with E-state index in [2.05, 4.69) is 51.5 Å². The predicted molar refractivity (Wildman–Crippen MR) is 98.3 cm³/mol. The fourth-order valence-corrected chi connectivity index (χ4v) is 2.05. The van der Waals surface area contributed by atoms with E-state index in [1.165, 1.54) is 0 Å². The third kappa shape index (κ3) is 14.0. The van der Waals surface area contributed by atoms with Gasteiger partial charge in [-0.05, 0) is 24.3 Å². The number of fused-ring (bicyclic) bond motifs is 2. The van der Waals surface area contributed by atoms with Crippen LogP contribution in [-0.4, -0.2) is 14.2 Å². The van der Waals surface area contributed by atoms with Crippen molar-refractivity contribution in [3.05, 3.63) is 88.4 Å². The Morgan fingerprint density at radius 3 is 0.794 bits per heavy atom. The molecule has 0 aromatic heterocycles. The van der Waals surface area contributed by atoms with Gasteiger partial charge >= 0.3 is 82.1 Å². The average molecular weight is 548 g/mol. The Morgan fingerprint density at radius 1 is 0.441 bits per heavy atom.